The maximum Gasteiger partial charge on any atom is 0.416 e. The lowest BCUT2D eigenvalue weighted by atomic mass is 9.98. The number of ketones is 1. The number of hydrogen-bond donors (Lipinski definition) is 0. The normalized spacial score (nSPS) is 11.6. The Morgan fingerprint density at radius 2 is 1.88 bits per heavy atom. The second kappa shape index (κ2) is 6.00. The average molecular weight is 374 g/mol. The molecule has 0 radical (unpaired) electrons. The maximum absolute atomic E-state index is 12.7. The standard InChI is InChI=1S/C11H9Br2F3O/c12-5-8(17)4-7-2-1-3-10(9(7)6-13)11(14,15)16/h1-3H,4-6H2. The maximum atomic E-state index is 12.7. The number of Topliss-reactive ketones (excluding diaryl/α,β-unsaturated/α-hetero) is 1. The molecule has 0 saturated carbocycles. The Balaban J connectivity index is 3.19. The van der Waals surface area contributed by atoms with Gasteiger partial charge in [0.05, 0.1) is 10.9 Å². The van der Waals surface area contributed by atoms with Crippen molar-refractivity contribution in [1.82, 2.24) is 0 Å². The number of rotatable bonds is 4. The van der Waals surface area contributed by atoms with Crippen LogP contribution >= 0.6 is 31.9 Å². The van der Waals surface area contributed by atoms with E-state index in [-0.39, 0.29) is 28.4 Å². The Labute approximate surface area is 114 Å². The molecule has 0 atom stereocenters. The first-order valence-corrected chi connectivity index (χ1v) is 6.96. The SMILES string of the molecule is O=C(CBr)Cc1cccc(C(F)(F)F)c1CBr. The minimum Gasteiger partial charge on any atom is -0.298 e. The molecule has 0 amide bonds. The fourth-order valence-corrected chi connectivity index (χ4v) is 2.34. The molecule has 1 nitrogen and oxygen atoms in total. The summed E-state index contributed by atoms with van der Waals surface area (Å²) in [4.78, 5) is 11.3. The van der Waals surface area contributed by atoms with Crippen molar-refractivity contribution in [3.05, 3.63) is 34.9 Å². The van der Waals surface area contributed by atoms with E-state index in [0.717, 1.165) is 6.07 Å². The summed E-state index contributed by atoms with van der Waals surface area (Å²) in [6.07, 6.45) is -4.38. The van der Waals surface area contributed by atoms with E-state index in [4.69, 9.17) is 0 Å². The lowest BCUT2D eigenvalue weighted by molar-refractivity contribution is -0.138. The fourth-order valence-electron chi connectivity index (χ4n) is 1.48. The van der Waals surface area contributed by atoms with E-state index in [0.29, 0.717) is 5.56 Å². The Bertz CT molecular complexity index is 416. The van der Waals surface area contributed by atoms with Crippen LogP contribution in [0.3, 0.4) is 0 Å². The molecule has 1 aromatic rings. The zero-order chi connectivity index (χ0) is 13.1. The molecule has 0 aromatic heterocycles. The zero-order valence-corrected chi connectivity index (χ0v) is 11.8. The lowest BCUT2D eigenvalue weighted by Gasteiger charge is -2.14. The summed E-state index contributed by atoms with van der Waals surface area (Å²) >= 11 is 6.03. The first kappa shape index (κ1) is 14.7. The van der Waals surface area contributed by atoms with Crippen LogP contribution < -0.4 is 0 Å². The smallest absolute Gasteiger partial charge is 0.298 e. The van der Waals surface area contributed by atoms with Crippen LogP contribution in [0.25, 0.3) is 0 Å². The van der Waals surface area contributed by atoms with Crippen molar-refractivity contribution in [3.8, 4) is 0 Å². The molecule has 0 N–H and O–H groups in total. The molecule has 94 valence electrons. The first-order chi connectivity index (χ1) is 7.90. The monoisotopic (exact) mass is 372 g/mol. The summed E-state index contributed by atoms with van der Waals surface area (Å²) in [7, 11) is 0. The van der Waals surface area contributed by atoms with Crippen LogP contribution in [0.1, 0.15) is 16.7 Å². The molecule has 0 spiro atoms. The third-order valence-corrected chi connectivity index (χ3v) is 3.43. The molecule has 1 rings (SSSR count). The summed E-state index contributed by atoms with van der Waals surface area (Å²) in [5.41, 5.74) is -0.135. The van der Waals surface area contributed by atoms with E-state index >= 15 is 0 Å². The summed E-state index contributed by atoms with van der Waals surface area (Å²) in [5.74, 6) is -0.147. The number of benzene rings is 1. The highest BCUT2D eigenvalue weighted by atomic mass is 79.9. The van der Waals surface area contributed by atoms with Crippen molar-refractivity contribution in [3.63, 3.8) is 0 Å². The van der Waals surface area contributed by atoms with E-state index < -0.39 is 11.7 Å². The van der Waals surface area contributed by atoms with Crippen LogP contribution in [0.15, 0.2) is 18.2 Å². The molecule has 0 heterocycles. The summed E-state index contributed by atoms with van der Waals surface area (Å²) < 4.78 is 38.2. The molecular weight excluding hydrogens is 365 g/mol. The van der Waals surface area contributed by atoms with E-state index in [1.54, 1.807) is 6.07 Å². The fraction of sp³-hybridized carbons (Fsp3) is 0.364. The molecule has 0 saturated heterocycles. The number of carbonyl (C=O) groups is 1. The second-order valence-electron chi connectivity index (χ2n) is 3.42. The van der Waals surface area contributed by atoms with Gasteiger partial charge >= 0.3 is 6.18 Å². The Kier molecular flexibility index (Phi) is 5.19. The van der Waals surface area contributed by atoms with Crippen molar-refractivity contribution in [2.45, 2.75) is 17.9 Å². The third kappa shape index (κ3) is 3.81. The van der Waals surface area contributed by atoms with Gasteiger partial charge in [0.2, 0.25) is 0 Å². The predicted molar refractivity (Wildman–Crippen MR) is 66.6 cm³/mol. The van der Waals surface area contributed by atoms with Crippen LogP contribution in [0.4, 0.5) is 13.2 Å². The number of hydrogen-bond acceptors (Lipinski definition) is 1. The van der Waals surface area contributed by atoms with E-state index in [2.05, 4.69) is 31.9 Å². The van der Waals surface area contributed by atoms with Crippen LogP contribution in [-0.2, 0) is 22.7 Å². The summed E-state index contributed by atoms with van der Waals surface area (Å²) in [6.45, 7) is 0. The molecule has 0 aliphatic rings. The highest BCUT2D eigenvalue weighted by Crippen LogP contribution is 2.34. The molecule has 0 bridgehead atoms. The summed E-state index contributed by atoms with van der Waals surface area (Å²) in [5, 5.41) is 0.221. The van der Waals surface area contributed by atoms with Gasteiger partial charge < -0.3 is 0 Å². The van der Waals surface area contributed by atoms with E-state index in [1.807, 2.05) is 0 Å². The van der Waals surface area contributed by atoms with Gasteiger partial charge in [-0.25, -0.2) is 0 Å². The highest BCUT2D eigenvalue weighted by molar-refractivity contribution is 9.09. The van der Waals surface area contributed by atoms with Crippen LogP contribution in [0.2, 0.25) is 0 Å². The topological polar surface area (TPSA) is 17.1 Å². The zero-order valence-electron chi connectivity index (χ0n) is 8.65. The van der Waals surface area contributed by atoms with Gasteiger partial charge in [-0.15, -0.1) is 0 Å². The lowest BCUT2D eigenvalue weighted by Crippen LogP contribution is -2.13. The number of carbonyl (C=O) groups excluding carboxylic acids is 1. The van der Waals surface area contributed by atoms with Gasteiger partial charge in [0, 0.05) is 11.8 Å². The number of alkyl halides is 5. The Morgan fingerprint density at radius 1 is 1.24 bits per heavy atom. The quantitative estimate of drug-likeness (QED) is 0.726. The first-order valence-electron chi connectivity index (χ1n) is 4.71. The van der Waals surface area contributed by atoms with E-state index in [9.17, 15) is 18.0 Å². The van der Waals surface area contributed by atoms with Crippen LogP contribution in [-0.4, -0.2) is 11.1 Å². The van der Waals surface area contributed by atoms with Crippen molar-refractivity contribution in [2.75, 3.05) is 5.33 Å². The molecule has 0 aliphatic heterocycles. The molecule has 17 heavy (non-hydrogen) atoms. The Morgan fingerprint density at radius 3 is 2.35 bits per heavy atom. The van der Waals surface area contributed by atoms with Gasteiger partial charge in [-0.2, -0.15) is 13.2 Å². The average Bonchev–Trinajstić information content (AvgIpc) is 2.27. The van der Waals surface area contributed by atoms with Crippen molar-refractivity contribution < 1.29 is 18.0 Å². The van der Waals surface area contributed by atoms with E-state index in [1.165, 1.54) is 6.07 Å². The van der Waals surface area contributed by atoms with Crippen LogP contribution in [0, 0.1) is 0 Å². The highest BCUT2D eigenvalue weighted by Gasteiger charge is 2.33. The molecule has 6 heteroatoms. The molecule has 0 aliphatic carbocycles. The predicted octanol–water partition coefficient (Wildman–Crippen LogP) is 4.11. The van der Waals surface area contributed by atoms with Crippen LogP contribution in [0.5, 0.6) is 0 Å². The van der Waals surface area contributed by atoms with Crippen molar-refractivity contribution in [1.29, 1.82) is 0 Å². The molecule has 1 aromatic carbocycles. The molecule has 0 fully saturated rings. The largest absolute Gasteiger partial charge is 0.416 e. The van der Waals surface area contributed by atoms with Gasteiger partial charge in [0.25, 0.3) is 0 Å². The minimum atomic E-state index is -4.39. The van der Waals surface area contributed by atoms with Gasteiger partial charge in [0.15, 0.2) is 0 Å². The summed E-state index contributed by atoms with van der Waals surface area (Å²) in [6, 6.07) is 3.90. The van der Waals surface area contributed by atoms with Gasteiger partial charge in [-0.3, -0.25) is 4.79 Å². The van der Waals surface area contributed by atoms with Gasteiger partial charge in [-0.05, 0) is 17.2 Å². The van der Waals surface area contributed by atoms with Gasteiger partial charge in [-0.1, -0.05) is 44.0 Å². The third-order valence-electron chi connectivity index (χ3n) is 2.25. The van der Waals surface area contributed by atoms with Crippen molar-refractivity contribution >= 4 is 37.6 Å². The Hall–Kier alpha value is -0.360. The molecule has 0 unspecified atom stereocenters. The van der Waals surface area contributed by atoms with Crippen molar-refractivity contribution in [2.24, 2.45) is 0 Å². The minimum absolute atomic E-state index is 0.0100. The molecular formula is C11H9Br2F3O. The van der Waals surface area contributed by atoms with Gasteiger partial charge in [0.1, 0.15) is 5.78 Å². The second-order valence-corrected chi connectivity index (χ2v) is 4.55. The number of halogens is 5.